The molecule has 1 aromatic rings. The van der Waals surface area contributed by atoms with Gasteiger partial charge >= 0.3 is 0 Å². The van der Waals surface area contributed by atoms with Crippen molar-refractivity contribution in [3.8, 4) is 28.7 Å². The van der Waals surface area contributed by atoms with Crippen LogP contribution in [0.2, 0.25) is 18.1 Å². The Morgan fingerprint density at radius 3 is 2.29 bits per heavy atom. The maximum absolute atomic E-state index is 12.6. The van der Waals surface area contributed by atoms with Crippen LogP contribution in [0.1, 0.15) is 26.3 Å². The highest BCUT2D eigenvalue weighted by Gasteiger charge is 2.39. The van der Waals surface area contributed by atoms with E-state index in [9.17, 15) is 4.79 Å². The lowest BCUT2D eigenvalue weighted by Crippen LogP contribution is -2.43. The third-order valence-electron chi connectivity index (χ3n) is 5.49. The SMILES string of the molecule is COc1c2nc3ccc(O[Si](C)(C)C(C)(C)C)cc3oc-2c(C)c(=O)c1OC. The molecule has 0 N–H and O–H groups in total. The second kappa shape index (κ2) is 6.81. The van der Waals surface area contributed by atoms with Crippen LogP contribution < -0.4 is 19.3 Å². The van der Waals surface area contributed by atoms with Gasteiger partial charge in [0.15, 0.2) is 22.8 Å². The van der Waals surface area contributed by atoms with E-state index in [2.05, 4.69) is 38.8 Å². The van der Waals surface area contributed by atoms with E-state index in [1.165, 1.54) is 14.2 Å². The smallest absolute Gasteiger partial charge is 0.250 e. The molecule has 2 aliphatic rings. The van der Waals surface area contributed by atoms with E-state index in [-0.39, 0.29) is 22.0 Å². The number of methoxy groups -OCH3 is 2. The van der Waals surface area contributed by atoms with E-state index < -0.39 is 8.32 Å². The molecule has 6 nitrogen and oxygen atoms in total. The van der Waals surface area contributed by atoms with Gasteiger partial charge in [0, 0.05) is 11.6 Å². The minimum absolute atomic E-state index is 0.0820. The lowest BCUT2D eigenvalue weighted by Gasteiger charge is -2.36. The van der Waals surface area contributed by atoms with Crippen LogP contribution in [0.3, 0.4) is 0 Å². The summed E-state index contributed by atoms with van der Waals surface area (Å²) in [6.45, 7) is 12.7. The summed E-state index contributed by atoms with van der Waals surface area (Å²) in [5.41, 5.74) is 1.82. The molecule has 0 radical (unpaired) electrons. The summed E-state index contributed by atoms with van der Waals surface area (Å²) in [7, 11) is 0.936. The van der Waals surface area contributed by atoms with Gasteiger partial charge in [-0.2, -0.15) is 0 Å². The first kappa shape index (κ1) is 20.2. The highest BCUT2D eigenvalue weighted by molar-refractivity contribution is 6.74. The van der Waals surface area contributed by atoms with Crippen LogP contribution in [0.25, 0.3) is 22.6 Å². The Balaban J connectivity index is 2.21. The molecular formula is C21H27NO5Si. The molecule has 150 valence electrons. The molecule has 0 spiro atoms. The standard InChI is InChI=1S/C21H27NO5Si/c1-12-17(23)20(25-6)19(24-5)16-18(12)26-15-11-13(9-10-14(15)22-16)27-28(7,8)21(2,3)4/h9-11H,1-8H3. The molecule has 0 amide bonds. The molecule has 1 aromatic carbocycles. The minimum atomic E-state index is -1.98. The molecule has 1 aliphatic carbocycles. The summed E-state index contributed by atoms with van der Waals surface area (Å²) in [5, 5.41) is 0.0820. The van der Waals surface area contributed by atoms with Gasteiger partial charge in [-0.15, -0.1) is 0 Å². The van der Waals surface area contributed by atoms with E-state index in [1.54, 1.807) is 6.92 Å². The Bertz CT molecular complexity index is 1070. The lowest BCUT2D eigenvalue weighted by molar-refractivity contribution is 0.350. The van der Waals surface area contributed by atoms with Gasteiger partial charge in [0.05, 0.1) is 14.2 Å². The number of aromatic nitrogens is 1. The molecule has 0 saturated heterocycles. The van der Waals surface area contributed by atoms with Crippen molar-refractivity contribution in [2.24, 2.45) is 0 Å². The van der Waals surface area contributed by atoms with Crippen LogP contribution in [-0.4, -0.2) is 27.5 Å². The molecule has 0 bridgehead atoms. The fourth-order valence-electron chi connectivity index (χ4n) is 2.78. The summed E-state index contributed by atoms with van der Waals surface area (Å²) in [4.78, 5) is 17.2. The molecular weight excluding hydrogens is 374 g/mol. The van der Waals surface area contributed by atoms with E-state index in [1.807, 2.05) is 18.2 Å². The van der Waals surface area contributed by atoms with Crippen LogP contribution >= 0.6 is 0 Å². The number of fused-ring (bicyclic) bond motifs is 2. The summed E-state index contributed by atoms with van der Waals surface area (Å²) in [6.07, 6.45) is 0. The zero-order chi connectivity index (χ0) is 20.9. The van der Waals surface area contributed by atoms with Gasteiger partial charge in [-0.1, -0.05) is 20.8 Å². The van der Waals surface area contributed by atoms with Gasteiger partial charge in [0.1, 0.15) is 11.3 Å². The molecule has 3 rings (SSSR count). The van der Waals surface area contributed by atoms with Crippen molar-refractivity contribution in [3.63, 3.8) is 0 Å². The first-order valence-corrected chi connectivity index (χ1v) is 12.1. The van der Waals surface area contributed by atoms with Crippen LogP contribution in [0.15, 0.2) is 27.4 Å². The highest BCUT2D eigenvalue weighted by atomic mass is 28.4. The van der Waals surface area contributed by atoms with E-state index >= 15 is 0 Å². The molecule has 0 unspecified atom stereocenters. The van der Waals surface area contributed by atoms with E-state index in [4.69, 9.17) is 18.3 Å². The summed E-state index contributed by atoms with van der Waals surface area (Å²) < 4.78 is 23.1. The Labute approximate surface area is 165 Å². The van der Waals surface area contributed by atoms with Gasteiger partial charge in [-0.25, -0.2) is 4.98 Å². The Morgan fingerprint density at radius 1 is 1.07 bits per heavy atom. The van der Waals surface area contributed by atoms with Crippen LogP contribution in [0.4, 0.5) is 0 Å². The molecule has 28 heavy (non-hydrogen) atoms. The number of hydrogen-bond acceptors (Lipinski definition) is 6. The predicted molar refractivity (Wildman–Crippen MR) is 113 cm³/mol. The average molecular weight is 402 g/mol. The lowest BCUT2D eigenvalue weighted by atomic mass is 10.1. The summed E-state index contributed by atoms with van der Waals surface area (Å²) >= 11 is 0. The number of nitrogens with zero attached hydrogens (tertiary/aromatic N) is 1. The fourth-order valence-corrected chi connectivity index (χ4v) is 3.80. The van der Waals surface area contributed by atoms with E-state index in [0.29, 0.717) is 28.1 Å². The normalized spacial score (nSPS) is 12.4. The van der Waals surface area contributed by atoms with Crippen molar-refractivity contribution in [1.82, 2.24) is 4.98 Å². The van der Waals surface area contributed by atoms with Crippen LogP contribution in [-0.2, 0) is 0 Å². The molecule has 0 saturated carbocycles. The molecule has 1 heterocycles. The van der Waals surface area contributed by atoms with Crippen LogP contribution in [0.5, 0.6) is 17.2 Å². The molecule has 0 fully saturated rings. The van der Waals surface area contributed by atoms with Crippen molar-refractivity contribution < 1.29 is 18.3 Å². The Hall–Kier alpha value is -2.54. The Kier molecular flexibility index (Phi) is 4.91. The van der Waals surface area contributed by atoms with Crippen LogP contribution in [0, 0.1) is 6.92 Å². The molecule has 0 atom stereocenters. The first-order chi connectivity index (χ1) is 13.0. The number of rotatable bonds is 4. The van der Waals surface area contributed by atoms with Crippen molar-refractivity contribution in [2.75, 3.05) is 14.2 Å². The minimum Gasteiger partial charge on any atom is -0.543 e. The Morgan fingerprint density at radius 2 is 1.71 bits per heavy atom. The second-order valence-electron chi connectivity index (χ2n) is 8.40. The summed E-state index contributed by atoms with van der Waals surface area (Å²) in [5.74, 6) is 1.54. The molecule has 1 aliphatic heterocycles. The number of hydrogen-bond donors (Lipinski definition) is 0. The average Bonchev–Trinajstić information content (AvgIpc) is 2.62. The number of ether oxygens (including phenoxy) is 2. The van der Waals surface area contributed by atoms with Crippen molar-refractivity contribution in [3.05, 3.63) is 34.0 Å². The zero-order valence-corrected chi connectivity index (χ0v) is 18.7. The maximum atomic E-state index is 12.6. The molecule has 7 heteroatoms. The van der Waals surface area contributed by atoms with Crippen molar-refractivity contribution in [2.45, 2.75) is 45.8 Å². The monoisotopic (exact) mass is 401 g/mol. The predicted octanol–water partition coefficient (Wildman–Crippen LogP) is 5.00. The largest absolute Gasteiger partial charge is 0.543 e. The maximum Gasteiger partial charge on any atom is 0.250 e. The van der Waals surface area contributed by atoms with Gasteiger partial charge in [0.2, 0.25) is 19.5 Å². The fraction of sp³-hybridized carbons (Fsp3) is 0.429. The third kappa shape index (κ3) is 3.24. The number of benzene rings is 2. The van der Waals surface area contributed by atoms with Crippen molar-refractivity contribution in [1.29, 1.82) is 0 Å². The quantitative estimate of drug-likeness (QED) is 0.452. The topological polar surface area (TPSA) is 70.8 Å². The van der Waals surface area contributed by atoms with Gasteiger partial charge in [-0.3, -0.25) is 4.79 Å². The zero-order valence-electron chi connectivity index (χ0n) is 17.7. The van der Waals surface area contributed by atoms with Gasteiger partial charge in [0.25, 0.3) is 0 Å². The second-order valence-corrected chi connectivity index (χ2v) is 13.1. The summed E-state index contributed by atoms with van der Waals surface area (Å²) in [6, 6.07) is 5.59. The van der Waals surface area contributed by atoms with Gasteiger partial charge < -0.3 is 18.3 Å². The third-order valence-corrected chi connectivity index (χ3v) is 9.85. The molecule has 0 aromatic heterocycles. The van der Waals surface area contributed by atoms with Gasteiger partial charge in [-0.05, 0) is 37.2 Å². The van der Waals surface area contributed by atoms with Crippen molar-refractivity contribution >= 4 is 19.4 Å². The first-order valence-electron chi connectivity index (χ1n) is 9.18. The highest BCUT2D eigenvalue weighted by Crippen LogP contribution is 2.41. The van der Waals surface area contributed by atoms with E-state index in [0.717, 1.165) is 5.75 Å².